The lowest BCUT2D eigenvalue weighted by Gasteiger charge is -2.46. The summed E-state index contributed by atoms with van der Waals surface area (Å²) in [6, 6.07) is 0. The molecular formula is C17H22N6O3. The zero-order valence-electron chi connectivity index (χ0n) is 15.2. The molecular weight excluding hydrogens is 336 g/mol. The molecule has 2 fully saturated rings. The van der Waals surface area contributed by atoms with Gasteiger partial charge >= 0.3 is 0 Å². The van der Waals surface area contributed by atoms with Crippen molar-refractivity contribution in [1.82, 2.24) is 24.7 Å². The van der Waals surface area contributed by atoms with E-state index in [1.54, 1.807) is 22.7 Å². The summed E-state index contributed by atoms with van der Waals surface area (Å²) in [5.41, 5.74) is 1.04. The Kier molecular flexibility index (Phi) is 3.83. The van der Waals surface area contributed by atoms with Crippen LogP contribution in [0, 0.1) is 6.92 Å². The van der Waals surface area contributed by atoms with E-state index in [0.717, 1.165) is 12.1 Å². The molecule has 2 aliphatic heterocycles. The molecule has 4 heterocycles. The van der Waals surface area contributed by atoms with Crippen molar-refractivity contribution in [2.45, 2.75) is 18.9 Å². The molecule has 1 atom stereocenters. The van der Waals surface area contributed by atoms with Crippen LogP contribution in [-0.4, -0.2) is 75.3 Å². The molecule has 0 aromatic carbocycles. The minimum Gasteiger partial charge on any atom is -0.361 e. The number of piperazine rings is 1. The molecule has 26 heavy (non-hydrogen) atoms. The van der Waals surface area contributed by atoms with Gasteiger partial charge in [-0.3, -0.25) is 19.2 Å². The number of amides is 2. The average molecular weight is 358 g/mol. The molecule has 4 rings (SSSR count). The minimum absolute atomic E-state index is 0.0470. The summed E-state index contributed by atoms with van der Waals surface area (Å²) < 4.78 is 6.71. The third kappa shape index (κ3) is 2.59. The molecule has 0 saturated carbocycles. The molecule has 0 bridgehead atoms. The van der Waals surface area contributed by atoms with Gasteiger partial charge in [-0.15, -0.1) is 0 Å². The predicted molar refractivity (Wildman–Crippen MR) is 92.7 cm³/mol. The summed E-state index contributed by atoms with van der Waals surface area (Å²) in [4.78, 5) is 31.0. The van der Waals surface area contributed by atoms with Crippen molar-refractivity contribution in [1.29, 1.82) is 0 Å². The van der Waals surface area contributed by atoms with Gasteiger partial charge in [-0.2, -0.15) is 5.10 Å². The van der Waals surface area contributed by atoms with Crippen molar-refractivity contribution in [3.8, 4) is 0 Å². The van der Waals surface area contributed by atoms with Crippen LogP contribution in [0.3, 0.4) is 0 Å². The molecule has 0 aliphatic carbocycles. The van der Waals surface area contributed by atoms with Gasteiger partial charge in [-0.1, -0.05) is 5.16 Å². The maximum atomic E-state index is 12.8. The van der Waals surface area contributed by atoms with E-state index >= 15 is 0 Å². The van der Waals surface area contributed by atoms with Crippen molar-refractivity contribution >= 4 is 17.5 Å². The number of rotatable bonds is 2. The van der Waals surface area contributed by atoms with Gasteiger partial charge in [0.2, 0.25) is 5.91 Å². The number of carbonyl (C=O) groups excluding carboxylic acids is 2. The summed E-state index contributed by atoms with van der Waals surface area (Å²) >= 11 is 0. The first-order valence-corrected chi connectivity index (χ1v) is 8.60. The number of likely N-dealkylation sites (N-methyl/N-ethyl adjacent to an activating group) is 1. The number of nitrogens with zero attached hydrogens (tertiary/aromatic N) is 6. The second kappa shape index (κ2) is 5.94. The standard InChI is InChI=1S/C17H22N6O3/c1-12-14(7-19-26-12)16(25)22-5-4-17(10-22)11-23(15(24)9-20(17)2)13-6-18-21(3)8-13/h6-8H,4-5,9-11H2,1-3H3/t17-/m0/s1. The first kappa shape index (κ1) is 16.8. The average Bonchev–Trinajstić information content (AvgIpc) is 3.31. The smallest absolute Gasteiger partial charge is 0.259 e. The fraction of sp³-hybridized carbons (Fsp3) is 0.529. The number of aromatic nitrogens is 3. The molecule has 2 saturated heterocycles. The molecule has 0 N–H and O–H groups in total. The molecule has 2 aromatic rings. The Hall–Kier alpha value is -2.68. The maximum absolute atomic E-state index is 12.8. The van der Waals surface area contributed by atoms with Crippen LogP contribution in [0.5, 0.6) is 0 Å². The summed E-state index contributed by atoms with van der Waals surface area (Å²) in [7, 11) is 3.79. The summed E-state index contributed by atoms with van der Waals surface area (Å²) in [5, 5.41) is 7.88. The Morgan fingerprint density at radius 3 is 2.73 bits per heavy atom. The quantitative estimate of drug-likeness (QED) is 0.766. The first-order chi connectivity index (χ1) is 12.4. The van der Waals surface area contributed by atoms with E-state index in [2.05, 4.69) is 15.2 Å². The van der Waals surface area contributed by atoms with Crippen molar-refractivity contribution in [3.05, 3.63) is 29.9 Å². The van der Waals surface area contributed by atoms with Crippen LogP contribution in [0.25, 0.3) is 0 Å². The van der Waals surface area contributed by atoms with Crippen molar-refractivity contribution < 1.29 is 14.1 Å². The molecule has 138 valence electrons. The zero-order chi connectivity index (χ0) is 18.5. The summed E-state index contributed by atoms with van der Waals surface area (Å²) in [5.74, 6) is 0.504. The molecule has 9 nitrogen and oxygen atoms in total. The molecule has 0 radical (unpaired) electrons. The largest absolute Gasteiger partial charge is 0.361 e. The van der Waals surface area contributed by atoms with Crippen molar-refractivity contribution in [2.24, 2.45) is 7.05 Å². The third-order valence-corrected chi connectivity index (χ3v) is 5.54. The first-order valence-electron chi connectivity index (χ1n) is 8.60. The van der Waals surface area contributed by atoms with Crippen LogP contribution in [0.4, 0.5) is 5.69 Å². The Labute approximate surface area is 151 Å². The van der Waals surface area contributed by atoms with E-state index in [-0.39, 0.29) is 17.4 Å². The molecule has 0 unspecified atom stereocenters. The van der Waals surface area contributed by atoms with Gasteiger partial charge in [-0.25, -0.2) is 0 Å². The number of carbonyl (C=O) groups is 2. The topological polar surface area (TPSA) is 87.7 Å². The van der Waals surface area contributed by atoms with Crippen LogP contribution in [-0.2, 0) is 11.8 Å². The monoisotopic (exact) mass is 358 g/mol. The van der Waals surface area contributed by atoms with E-state index in [9.17, 15) is 9.59 Å². The number of likely N-dealkylation sites (tertiary alicyclic amines) is 1. The van der Waals surface area contributed by atoms with E-state index in [0.29, 0.717) is 37.5 Å². The number of aryl methyl sites for hydroxylation is 2. The minimum atomic E-state index is -0.259. The van der Waals surface area contributed by atoms with Gasteiger partial charge in [0.15, 0.2) is 0 Å². The third-order valence-electron chi connectivity index (χ3n) is 5.54. The number of anilines is 1. The van der Waals surface area contributed by atoms with Gasteiger partial charge in [0.1, 0.15) is 11.3 Å². The Balaban J connectivity index is 1.57. The Morgan fingerprint density at radius 2 is 2.08 bits per heavy atom. The Morgan fingerprint density at radius 1 is 1.27 bits per heavy atom. The van der Waals surface area contributed by atoms with Crippen LogP contribution in [0.15, 0.2) is 23.1 Å². The predicted octanol–water partition coefficient (Wildman–Crippen LogP) is 0.280. The summed E-state index contributed by atoms with van der Waals surface area (Å²) in [6.07, 6.45) is 5.83. The van der Waals surface area contributed by atoms with E-state index in [1.165, 1.54) is 6.20 Å². The Bertz CT molecular complexity index is 858. The van der Waals surface area contributed by atoms with Crippen molar-refractivity contribution in [3.63, 3.8) is 0 Å². The van der Waals surface area contributed by atoms with E-state index in [4.69, 9.17) is 4.52 Å². The lowest BCUT2D eigenvalue weighted by Crippen LogP contribution is -2.64. The van der Waals surface area contributed by atoms with Crippen LogP contribution in [0.1, 0.15) is 22.5 Å². The lowest BCUT2D eigenvalue weighted by atomic mass is 9.93. The molecule has 2 amide bonds. The van der Waals surface area contributed by atoms with Gasteiger partial charge in [0.05, 0.1) is 30.2 Å². The van der Waals surface area contributed by atoms with E-state index in [1.807, 2.05) is 25.2 Å². The zero-order valence-corrected chi connectivity index (χ0v) is 15.2. The van der Waals surface area contributed by atoms with Crippen LogP contribution >= 0.6 is 0 Å². The highest BCUT2D eigenvalue weighted by Gasteiger charge is 2.49. The normalized spacial score (nSPS) is 24.0. The number of hydrogen-bond donors (Lipinski definition) is 0. The highest BCUT2D eigenvalue weighted by atomic mass is 16.5. The molecule has 2 aromatic heterocycles. The second-order valence-electron chi connectivity index (χ2n) is 7.20. The molecule has 9 heteroatoms. The van der Waals surface area contributed by atoms with Crippen LogP contribution < -0.4 is 4.90 Å². The van der Waals surface area contributed by atoms with Gasteiger partial charge < -0.3 is 14.3 Å². The van der Waals surface area contributed by atoms with Crippen LogP contribution in [0.2, 0.25) is 0 Å². The fourth-order valence-electron chi connectivity index (χ4n) is 3.89. The molecule has 2 aliphatic rings. The second-order valence-corrected chi connectivity index (χ2v) is 7.20. The molecule has 1 spiro atoms. The fourth-order valence-corrected chi connectivity index (χ4v) is 3.89. The maximum Gasteiger partial charge on any atom is 0.259 e. The number of hydrogen-bond acceptors (Lipinski definition) is 6. The summed E-state index contributed by atoms with van der Waals surface area (Å²) in [6.45, 7) is 3.81. The van der Waals surface area contributed by atoms with E-state index < -0.39 is 0 Å². The SMILES string of the molecule is Cc1oncc1C(=O)N1CC[C@]2(C1)CN(c1cnn(C)c1)C(=O)CN2C. The van der Waals surface area contributed by atoms with Gasteiger partial charge in [0.25, 0.3) is 5.91 Å². The highest BCUT2D eigenvalue weighted by Crippen LogP contribution is 2.34. The highest BCUT2D eigenvalue weighted by molar-refractivity contribution is 5.97. The van der Waals surface area contributed by atoms with Crippen molar-refractivity contribution in [2.75, 3.05) is 38.1 Å². The lowest BCUT2D eigenvalue weighted by molar-refractivity contribution is -0.123. The van der Waals surface area contributed by atoms with Gasteiger partial charge in [0, 0.05) is 32.9 Å². The van der Waals surface area contributed by atoms with Gasteiger partial charge in [-0.05, 0) is 20.4 Å².